The van der Waals surface area contributed by atoms with Gasteiger partial charge in [-0.25, -0.2) is 4.39 Å². The third-order valence-corrected chi connectivity index (χ3v) is 4.79. The molecule has 0 aliphatic carbocycles. The molecule has 4 heteroatoms. The van der Waals surface area contributed by atoms with Crippen molar-refractivity contribution in [3.63, 3.8) is 0 Å². The Balaban J connectivity index is 2.04. The second-order valence-electron chi connectivity index (χ2n) is 5.06. The molecule has 2 aliphatic heterocycles. The average Bonchev–Trinajstić information content (AvgIpc) is 2.73. The molecular weight excluding hydrogens is 285 g/mol. The van der Waals surface area contributed by atoms with E-state index >= 15 is 0 Å². The predicted molar refractivity (Wildman–Crippen MR) is 67.2 cm³/mol. The van der Waals surface area contributed by atoms with Gasteiger partial charge in [-0.1, -0.05) is 12.1 Å². The number of fused-ring (bicyclic) bond motifs is 2. The van der Waals surface area contributed by atoms with E-state index in [2.05, 4.69) is 20.8 Å². The van der Waals surface area contributed by atoms with Crippen LogP contribution in [0, 0.1) is 11.7 Å². The zero-order valence-electron chi connectivity index (χ0n) is 9.50. The van der Waals surface area contributed by atoms with Crippen molar-refractivity contribution >= 4 is 15.9 Å². The molecule has 2 aliphatic rings. The smallest absolute Gasteiger partial charge is 0.143 e. The van der Waals surface area contributed by atoms with Gasteiger partial charge >= 0.3 is 0 Å². The molecule has 0 amide bonds. The van der Waals surface area contributed by atoms with Gasteiger partial charge < -0.3 is 10.0 Å². The molecule has 0 spiro atoms. The topological polar surface area (TPSA) is 23.5 Å². The normalized spacial score (nSPS) is 36.2. The maximum Gasteiger partial charge on any atom is 0.143 e. The van der Waals surface area contributed by atoms with Gasteiger partial charge in [-0.3, -0.25) is 0 Å². The lowest BCUT2D eigenvalue weighted by molar-refractivity contribution is -0.0528. The van der Waals surface area contributed by atoms with Gasteiger partial charge in [-0.05, 0) is 41.4 Å². The molecule has 1 aromatic rings. The highest BCUT2D eigenvalue weighted by molar-refractivity contribution is 9.10. The zero-order valence-corrected chi connectivity index (χ0v) is 11.1. The van der Waals surface area contributed by atoms with Gasteiger partial charge in [0.25, 0.3) is 0 Å². The van der Waals surface area contributed by atoms with E-state index in [1.807, 2.05) is 0 Å². The van der Waals surface area contributed by atoms with E-state index in [1.54, 1.807) is 18.2 Å². The summed E-state index contributed by atoms with van der Waals surface area (Å²) in [6.07, 6.45) is 1.59. The fourth-order valence-electron chi connectivity index (χ4n) is 3.15. The summed E-state index contributed by atoms with van der Waals surface area (Å²) in [5.74, 6) is -0.143. The van der Waals surface area contributed by atoms with Crippen LogP contribution in [0.15, 0.2) is 22.7 Å². The van der Waals surface area contributed by atoms with Crippen molar-refractivity contribution in [2.45, 2.75) is 18.4 Å². The molecule has 17 heavy (non-hydrogen) atoms. The van der Waals surface area contributed by atoms with Crippen LogP contribution in [0.2, 0.25) is 0 Å². The molecule has 0 aromatic heterocycles. The van der Waals surface area contributed by atoms with E-state index in [9.17, 15) is 9.50 Å². The summed E-state index contributed by atoms with van der Waals surface area (Å²) in [6.45, 7) is 2.78. The Labute approximate surface area is 109 Å². The van der Waals surface area contributed by atoms with Crippen LogP contribution in [0.5, 0.6) is 0 Å². The van der Waals surface area contributed by atoms with Crippen LogP contribution in [-0.4, -0.2) is 29.6 Å². The number of aliphatic hydroxyl groups is 1. The number of halogens is 2. The largest absolute Gasteiger partial charge is 0.385 e. The van der Waals surface area contributed by atoms with Crippen molar-refractivity contribution in [3.05, 3.63) is 34.1 Å². The monoisotopic (exact) mass is 299 g/mol. The minimum absolute atomic E-state index is 0.167. The molecule has 3 unspecified atom stereocenters. The number of hydrogen-bond acceptors (Lipinski definition) is 2. The molecule has 1 N–H and O–H groups in total. The van der Waals surface area contributed by atoms with Crippen LogP contribution < -0.4 is 0 Å². The lowest BCUT2D eigenvalue weighted by atomic mass is 9.77. The molecule has 92 valence electrons. The third kappa shape index (κ3) is 1.74. The van der Waals surface area contributed by atoms with Gasteiger partial charge in [0.05, 0.1) is 10.1 Å². The number of piperidine rings is 1. The van der Waals surface area contributed by atoms with Gasteiger partial charge in [0, 0.05) is 24.6 Å². The Morgan fingerprint density at radius 2 is 2.24 bits per heavy atom. The third-order valence-electron chi connectivity index (χ3n) is 4.17. The average molecular weight is 300 g/mol. The maximum atomic E-state index is 14.1. The first-order valence-electron chi connectivity index (χ1n) is 6.00. The van der Waals surface area contributed by atoms with Crippen molar-refractivity contribution in [3.8, 4) is 0 Å². The van der Waals surface area contributed by atoms with Gasteiger partial charge in [-0.2, -0.15) is 0 Å². The Morgan fingerprint density at radius 3 is 3.06 bits per heavy atom. The Kier molecular flexibility index (Phi) is 2.76. The van der Waals surface area contributed by atoms with E-state index < -0.39 is 5.60 Å². The fourth-order valence-corrected chi connectivity index (χ4v) is 3.52. The SMILES string of the molecule is OC1(c2cccc(Br)c2F)CCN2CCC1C2. The molecule has 2 heterocycles. The highest BCUT2D eigenvalue weighted by Crippen LogP contribution is 2.44. The van der Waals surface area contributed by atoms with Crippen molar-refractivity contribution in [1.82, 2.24) is 4.90 Å². The molecule has 2 fully saturated rings. The first-order valence-corrected chi connectivity index (χ1v) is 6.80. The van der Waals surface area contributed by atoms with Crippen LogP contribution in [0.4, 0.5) is 4.39 Å². The van der Waals surface area contributed by atoms with E-state index in [0.29, 0.717) is 16.5 Å². The second-order valence-corrected chi connectivity index (χ2v) is 5.92. The zero-order chi connectivity index (χ0) is 12.0. The summed E-state index contributed by atoms with van der Waals surface area (Å²) < 4.78 is 14.6. The summed E-state index contributed by atoms with van der Waals surface area (Å²) >= 11 is 3.19. The van der Waals surface area contributed by atoms with E-state index in [0.717, 1.165) is 26.1 Å². The molecular formula is C13H15BrFNO. The lowest BCUT2D eigenvalue weighted by Gasteiger charge is -2.39. The molecule has 3 atom stereocenters. The van der Waals surface area contributed by atoms with E-state index in [4.69, 9.17) is 0 Å². The summed E-state index contributed by atoms with van der Waals surface area (Å²) in [5.41, 5.74) is -0.528. The minimum atomic E-state index is -0.985. The molecule has 2 bridgehead atoms. The summed E-state index contributed by atoms with van der Waals surface area (Å²) in [6, 6.07) is 5.18. The van der Waals surface area contributed by atoms with Crippen LogP contribution in [-0.2, 0) is 5.60 Å². The predicted octanol–water partition coefficient (Wildman–Crippen LogP) is 2.50. The molecule has 1 aromatic carbocycles. The Morgan fingerprint density at radius 1 is 1.41 bits per heavy atom. The van der Waals surface area contributed by atoms with Crippen molar-refractivity contribution in [2.75, 3.05) is 19.6 Å². The van der Waals surface area contributed by atoms with Gasteiger partial charge in [0.1, 0.15) is 5.82 Å². The number of rotatable bonds is 1. The lowest BCUT2D eigenvalue weighted by Crippen LogP contribution is -2.44. The van der Waals surface area contributed by atoms with E-state index in [-0.39, 0.29) is 11.7 Å². The molecule has 2 nitrogen and oxygen atoms in total. The van der Waals surface area contributed by atoms with Crippen LogP contribution >= 0.6 is 15.9 Å². The van der Waals surface area contributed by atoms with Gasteiger partial charge in [0.2, 0.25) is 0 Å². The van der Waals surface area contributed by atoms with Gasteiger partial charge in [-0.15, -0.1) is 0 Å². The van der Waals surface area contributed by atoms with Crippen LogP contribution in [0.1, 0.15) is 18.4 Å². The molecule has 3 rings (SSSR count). The maximum absolute atomic E-state index is 14.1. The second kappa shape index (κ2) is 4.04. The molecule has 2 saturated heterocycles. The quantitative estimate of drug-likeness (QED) is 0.861. The van der Waals surface area contributed by atoms with Crippen LogP contribution in [0.25, 0.3) is 0 Å². The van der Waals surface area contributed by atoms with Crippen molar-refractivity contribution < 1.29 is 9.50 Å². The summed E-state index contributed by atoms with van der Waals surface area (Å²) in [4.78, 5) is 2.34. The molecule has 0 saturated carbocycles. The van der Waals surface area contributed by atoms with Crippen LogP contribution in [0.3, 0.4) is 0 Å². The number of benzene rings is 1. The standard InChI is InChI=1S/C13H15BrFNO/c14-11-3-1-2-10(12(11)15)13(17)5-7-16-6-4-9(13)8-16/h1-3,9,17H,4-8H2. The number of nitrogens with zero attached hydrogens (tertiary/aromatic N) is 1. The van der Waals surface area contributed by atoms with Crippen molar-refractivity contribution in [1.29, 1.82) is 0 Å². The van der Waals surface area contributed by atoms with E-state index in [1.165, 1.54) is 0 Å². The summed E-state index contributed by atoms with van der Waals surface area (Å²) in [5, 5.41) is 10.8. The fraction of sp³-hybridized carbons (Fsp3) is 0.538. The molecule has 0 radical (unpaired) electrons. The minimum Gasteiger partial charge on any atom is -0.385 e. The Hall–Kier alpha value is -0.450. The van der Waals surface area contributed by atoms with Crippen molar-refractivity contribution in [2.24, 2.45) is 5.92 Å². The first kappa shape index (κ1) is 11.6. The first-order chi connectivity index (χ1) is 8.11. The Bertz CT molecular complexity index is 453. The summed E-state index contributed by atoms with van der Waals surface area (Å²) in [7, 11) is 0. The number of hydrogen-bond donors (Lipinski definition) is 1. The highest BCUT2D eigenvalue weighted by Gasteiger charge is 2.47. The van der Waals surface area contributed by atoms with Gasteiger partial charge in [0.15, 0.2) is 0 Å². The highest BCUT2D eigenvalue weighted by atomic mass is 79.9.